The number of halogens is 6. The lowest BCUT2D eigenvalue weighted by Crippen LogP contribution is -2.25. The Bertz CT molecular complexity index is 1640. The van der Waals surface area contributed by atoms with Gasteiger partial charge in [-0.25, -0.2) is 28.1 Å². The molecule has 4 heterocycles. The van der Waals surface area contributed by atoms with E-state index >= 15 is 0 Å². The van der Waals surface area contributed by atoms with Crippen LogP contribution in [0.25, 0.3) is 33.2 Å². The zero-order valence-electron chi connectivity index (χ0n) is 18.3. The van der Waals surface area contributed by atoms with Gasteiger partial charge in [0, 0.05) is 35.1 Å². The lowest BCUT2D eigenvalue weighted by atomic mass is 9.91. The Labute approximate surface area is 198 Å². The fourth-order valence-electron chi connectivity index (χ4n) is 3.91. The molecule has 0 radical (unpaired) electrons. The number of fused-ring (bicyclic) bond motifs is 2. The minimum atomic E-state index is -5.03. The van der Waals surface area contributed by atoms with Crippen LogP contribution in [-0.2, 0) is 0 Å². The first-order valence-electron chi connectivity index (χ1n) is 10.4. The number of alkyl halides is 3. The van der Waals surface area contributed by atoms with Gasteiger partial charge in [0.15, 0.2) is 23.3 Å². The highest BCUT2D eigenvalue weighted by atomic mass is 19.4. The van der Waals surface area contributed by atoms with Crippen molar-refractivity contribution < 1.29 is 26.3 Å². The van der Waals surface area contributed by atoms with Crippen LogP contribution in [0, 0.1) is 24.4 Å². The molecule has 0 amide bonds. The van der Waals surface area contributed by atoms with Crippen LogP contribution >= 0.6 is 0 Å². The normalized spacial score (nSPS) is 12.9. The van der Waals surface area contributed by atoms with Crippen molar-refractivity contribution in [3.05, 3.63) is 83.3 Å². The van der Waals surface area contributed by atoms with Crippen molar-refractivity contribution in [2.75, 3.05) is 5.73 Å². The van der Waals surface area contributed by atoms with Gasteiger partial charge >= 0.3 is 6.18 Å². The number of hydrogen-bond donors (Lipinski definition) is 1. The summed E-state index contributed by atoms with van der Waals surface area (Å²) in [5, 5.41) is -0.768. The summed E-state index contributed by atoms with van der Waals surface area (Å²) in [7, 11) is 0. The molecule has 5 aromatic rings. The topological polar surface area (TPSA) is 90.5 Å². The van der Waals surface area contributed by atoms with Crippen LogP contribution < -0.4 is 5.73 Å². The third kappa shape index (κ3) is 3.93. The Morgan fingerprint density at radius 2 is 1.67 bits per heavy atom. The standard InChI is InChI=1S/C24H14F6N6/c1-10-4-5-11(9-33-10)19-12(7-13-18(27)14(25)8-15(26)20(13)35-19)17(24(28,29)30)23-34-16-3-2-6-32-21(16)22(31)36-23/h2-9,17H,1H3,(H2,31,34,36)/t17-/m1/s1. The maximum atomic E-state index is 14.6. The van der Waals surface area contributed by atoms with Gasteiger partial charge in [-0.2, -0.15) is 13.2 Å². The molecule has 1 atom stereocenters. The monoisotopic (exact) mass is 500 g/mol. The van der Waals surface area contributed by atoms with Gasteiger partial charge in [0.1, 0.15) is 22.8 Å². The molecule has 0 saturated heterocycles. The minimum Gasteiger partial charge on any atom is -0.382 e. The van der Waals surface area contributed by atoms with Gasteiger partial charge in [-0.1, -0.05) is 0 Å². The van der Waals surface area contributed by atoms with E-state index in [2.05, 4.69) is 24.9 Å². The smallest absolute Gasteiger partial charge is 0.382 e. The van der Waals surface area contributed by atoms with Crippen molar-refractivity contribution in [3.8, 4) is 11.3 Å². The minimum absolute atomic E-state index is 0.0461. The number of nitrogen functional groups attached to an aromatic ring is 1. The van der Waals surface area contributed by atoms with E-state index in [0.29, 0.717) is 11.8 Å². The Balaban J connectivity index is 1.88. The van der Waals surface area contributed by atoms with Crippen molar-refractivity contribution in [1.82, 2.24) is 24.9 Å². The molecule has 5 rings (SSSR count). The number of aromatic nitrogens is 5. The second kappa shape index (κ2) is 8.40. The van der Waals surface area contributed by atoms with E-state index in [1.54, 1.807) is 6.92 Å². The van der Waals surface area contributed by atoms with Crippen LogP contribution in [0.3, 0.4) is 0 Å². The van der Waals surface area contributed by atoms with E-state index in [0.717, 1.165) is 0 Å². The largest absolute Gasteiger partial charge is 0.402 e. The number of nitrogens with zero attached hydrogens (tertiary/aromatic N) is 5. The molecule has 12 heteroatoms. The summed E-state index contributed by atoms with van der Waals surface area (Å²) in [6.45, 7) is 1.66. The van der Waals surface area contributed by atoms with Gasteiger partial charge in [-0.15, -0.1) is 0 Å². The lowest BCUT2D eigenvalue weighted by Gasteiger charge is -2.23. The summed E-state index contributed by atoms with van der Waals surface area (Å²) in [4.78, 5) is 19.9. The van der Waals surface area contributed by atoms with Gasteiger partial charge in [-0.3, -0.25) is 9.97 Å². The zero-order chi connectivity index (χ0) is 25.8. The molecule has 0 spiro atoms. The van der Waals surface area contributed by atoms with Crippen LogP contribution in [0.2, 0.25) is 0 Å². The average Bonchev–Trinajstić information content (AvgIpc) is 2.82. The average molecular weight is 500 g/mol. The number of aryl methyl sites for hydroxylation is 1. The van der Waals surface area contributed by atoms with Crippen LogP contribution in [-0.4, -0.2) is 31.1 Å². The fraction of sp³-hybridized carbons (Fsp3) is 0.125. The zero-order valence-corrected chi connectivity index (χ0v) is 18.3. The molecule has 6 nitrogen and oxygen atoms in total. The lowest BCUT2D eigenvalue weighted by molar-refractivity contribution is -0.142. The molecule has 36 heavy (non-hydrogen) atoms. The first-order chi connectivity index (χ1) is 17.0. The molecule has 182 valence electrons. The summed E-state index contributed by atoms with van der Waals surface area (Å²) in [6, 6.07) is 6.82. The van der Waals surface area contributed by atoms with Gasteiger partial charge in [0.2, 0.25) is 0 Å². The van der Waals surface area contributed by atoms with E-state index in [4.69, 9.17) is 5.73 Å². The number of pyridine rings is 3. The van der Waals surface area contributed by atoms with Gasteiger partial charge in [-0.05, 0) is 42.8 Å². The third-order valence-electron chi connectivity index (χ3n) is 5.56. The summed E-state index contributed by atoms with van der Waals surface area (Å²) in [5.41, 5.74) is 5.04. The predicted molar refractivity (Wildman–Crippen MR) is 119 cm³/mol. The maximum Gasteiger partial charge on any atom is 0.402 e. The molecule has 1 aromatic carbocycles. The highest BCUT2D eigenvalue weighted by Gasteiger charge is 2.46. The summed E-state index contributed by atoms with van der Waals surface area (Å²) in [6.07, 6.45) is -2.41. The fourth-order valence-corrected chi connectivity index (χ4v) is 3.91. The number of rotatable bonds is 3. The number of nitrogens with two attached hydrogens (primary N) is 1. The number of anilines is 1. The Morgan fingerprint density at radius 1 is 0.889 bits per heavy atom. The van der Waals surface area contributed by atoms with Crippen molar-refractivity contribution in [1.29, 1.82) is 0 Å². The predicted octanol–water partition coefficient (Wildman–Crippen LogP) is 5.64. The third-order valence-corrected chi connectivity index (χ3v) is 5.56. The highest BCUT2D eigenvalue weighted by molar-refractivity contribution is 5.86. The maximum absolute atomic E-state index is 14.6. The molecule has 0 saturated carbocycles. The van der Waals surface area contributed by atoms with E-state index < -0.39 is 51.8 Å². The summed E-state index contributed by atoms with van der Waals surface area (Å²) >= 11 is 0. The van der Waals surface area contributed by atoms with Gasteiger partial charge in [0.25, 0.3) is 0 Å². The van der Waals surface area contributed by atoms with Crippen LogP contribution in [0.15, 0.2) is 48.8 Å². The summed E-state index contributed by atoms with van der Waals surface area (Å²) in [5.74, 6) is -8.00. The molecule has 0 aliphatic heterocycles. The molecule has 2 N–H and O–H groups in total. The first-order valence-corrected chi connectivity index (χ1v) is 10.4. The molecule has 4 aromatic heterocycles. The summed E-state index contributed by atoms with van der Waals surface area (Å²) < 4.78 is 87.0. The molecule has 0 bridgehead atoms. The molecule has 0 aliphatic rings. The van der Waals surface area contributed by atoms with Crippen molar-refractivity contribution in [2.45, 2.75) is 19.0 Å². The molecule has 0 aliphatic carbocycles. The number of benzene rings is 1. The van der Waals surface area contributed by atoms with E-state index in [9.17, 15) is 26.3 Å². The first kappa shape index (κ1) is 23.4. The molecule has 0 unspecified atom stereocenters. The van der Waals surface area contributed by atoms with Crippen molar-refractivity contribution in [3.63, 3.8) is 0 Å². The Morgan fingerprint density at radius 3 is 2.36 bits per heavy atom. The van der Waals surface area contributed by atoms with Crippen molar-refractivity contribution >= 4 is 27.8 Å². The second-order valence-corrected chi connectivity index (χ2v) is 7.98. The number of hydrogen-bond acceptors (Lipinski definition) is 6. The molecular weight excluding hydrogens is 486 g/mol. The van der Waals surface area contributed by atoms with E-state index in [-0.39, 0.29) is 34.2 Å². The van der Waals surface area contributed by atoms with Gasteiger partial charge < -0.3 is 5.73 Å². The van der Waals surface area contributed by atoms with Crippen molar-refractivity contribution in [2.24, 2.45) is 0 Å². The van der Waals surface area contributed by atoms with E-state index in [1.807, 2.05) is 0 Å². The molecular formula is C24H14F6N6. The Hall–Kier alpha value is -4.35. The van der Waals surface area contributed by atoms with Crippen LogP contribution in [0.4, 0.5) is 32.2 Å². The van der Waals surface area contributed by atoms with Crippen LogP contribution in [0.5, 0.6) is 0 Å². The van der Waals surface area contributed by atoms with Crippen LogP contribution in [0.1, 0.15) is 23.0 Å². The second-order valence-electron chi connectivity index (χ2n) is 7.98. The molecule has 0 fully saturated rings. The highest BCUT2D eigenvalue weighted by Crippen LogP contribution is 2.44. The van der Waals surface area contributed by atoms with E-state index in [1.165, 1.54) is 36.7 Å². The van der Waals surface area contributed by atoms with Gasteiger partial charge in [0.05, 0.1) is 11.2 Å². The Kier molecular flexibility index (Phi) is 5.46. The quantitative estimate of drug-likeness (QED) is 0.255. The SMILES string of the molecule is Cc1ccc(-c2nc3c(F)cc(F)c(F)c3cc2[C@H](c2nc(N)c3ncccc3n2)C(F)(F)F)cn1.